The monoisotopic (exact) mass is 204 g/mol. The van der Waals surface area contributed by atoms with Crippen LogP contribution in [-0.4, -0.2) is 0 Å². The van der Waals surface area contributed by atoms with Crippen LogP contribution in [0.15, 0.2) is 18.2 Å². The predicted octanol–water partition coefficient (Wildman–Crippen LogP) is 3.79. The van der Waals surface area contributed by atoms with Crippen LogP contribution in [0.4, 0.5) is 0 Å². The van der Waals surface area contributed by atoms with Crippen molar-refractivity contribution in [3.05, 3.63) is 34.9 Å². The molecule has 0 aliphatic carbocycles. The minimum atomic E-state index is -0.143. The Hall–Kier alpha value is -0.820. The highest BCUT2D eigenvalue weighted by molar-refractivity contribution is 5.39. The van der Waals surface area contributed by atoms with E-state index in [1.165, 1.54) is 16.7 Å². The van der Waals surface area contributed by atoms with Gasteiger partial charge in [0.05, 0.1) is 12.2 Å². The highest BCUT2D eigenvalue weighted by atomic mass is 16.5. The molecule has 1 aliphatic rings. The van der Waals surface area contributed by atoms with Gasteiger partial charge in [-0.3, -0.25) is 0 Å². The third kappa shape index (κ3) is 1.50. The smallest absolute Gasteiger partial charge is 0.0959 e. The zero-order valence-corrected chi connectivity index (χ0v) is 10.3. The van der Waals surface area contributed by atoms with Crippen molar-refractivity contribution in [2.24, 2.45) is 5.41 Å². The largest absolute Gasteiger partial charge is 0.365 e. The average molecular weight is 204 g/mol. The van der Waals surface area contributed by atoms with Gasteiger partial charge in [-0.05, 0) is 30.4 Å². The number of hydrogen-bond acceptors (Lipinski definition) is 1. The fraction of sp³-hybridized carbons (Fsp3) is 0.571. The summed E-state index contributed by atoms with van der Waals surface area (Å²) in [6, 6.07) is 6.65. The van der Waals surface area contributed by atoms with Crippen molar-refractivity contribution >= 4 is 0 Å². The number of fused-ring (bicyclic) bond motifs is 1. The molecule has 1 nitrogen and oxygen atoms in total. The van der Waals surface area contributed by atoms with Crippen molar-refractivity contribution in [3.63, 3.8) is 0 Å². The van der Waals surface area contributed by atoms with Crippen molar-refractivity contribution in [1.29, 1.82) is 0 Å². The third-order valence-corrected chi connectivity index (χ3v) is 3.72. The van der Waals surface area contributed by atoms with Crippen LogP contribution >= 0.6 is 0 Å². The molecule has 0 spiro atoms. The van der Waals surface area contributed by atoms with Crippen LogP contribution in [0, 0.1) is 12.3 Å². The van der Waals surface area contributed by atoms with Gasteiger partial charge in [-0.2, -0.15) is 0 Å². The van der Waals surface area contributed by atoms with Gasteiger partial charge < -0.3 is 4.74 Å². The van der Waals surface area contributed by atoms with Gasteiger partial charge in [0.15, 0.2) is 0 Å². The Bertz CT molecular complexity index is 387. The SMILES string of the molecule is Cc1ccc2c(c1)COC2(C)C(C)(C)C. The second-order valence-electron chi connectivity index (χ2n) is 5.73. The standard InChI is InChI=1S/C14H20O/c1-10-6-7-12-11(8-10)9-15-14(12,5)13(2,3)4/h6-8H,9H2,1-5H3. The maximum Gasteiger partial charge on any atom is 0.0959 e. The fourth-order valence-corrected chi connectivity index (χ4v) is 2.23. The first-order valence-corrected chi connectivity index (χ1v) is 5.58. The summed E-state index contributed by atoms with van der Waals surface area (Å²) in [5.74, 6) is 0. The van der Waals surface area contributed by atoms with E-state index in [9.17, 15) is 0 Å². The zero-order valence-electron chi connectivity index (χ0n) is 10.3. The summed E-state index contributed by atoms with van der Waals surface area (Å²) in [5, 5.41) is 0. The first kappa shape index (κ1) is 10.7. The van der Waals surface area contributed by atoms with E-state index in [0.717, 1.165) is 6.61 Å². The molecule has 0 amide bonds. The fourth-order valence-electron chi connectivity index (χ4n) is 2.23. The molecule has 15 heavy (non-hydrogen) atoms. The second kappa shape index (κ2) is 3.08. The number of rotatable bonds is 0. The van der Waals surface area contributed by atoms with E-state index in [1.807, 2.05) is 0 Å². The van der Waals surface area contributed by atoms with E-state index >= 15 is 0 Å². The number of hydrogen-bond donors (Lipinski definition) is 0. The Balaban J connectivity index is 2.53. The van der Waals surface area contributed by atoms with Gasteiger partial charge in [0, 0.05) is 0 Å². The summed E-state index contributed by atoms with van der Waals surface area (Å²) in [7, 11) is 0. The van der Waals surface area contributed by atoms with Crippen LogP contribution in [0.25, 0.3) is 0 Å². The zero-order chi connectivity index (χ0) is 11.3. The molecule has 82 valence electrons. The Morgan fingerprint density at radius 3 is 2.53 bits per heavy atom. The third-order valence-electron chi connectivity index (χ3n) is 3.72. The van der Waals surface area contributed by atoms with Crippen molar-refractivity contribution < 1.29 is 4.74 Å². The van der Waals surface area contributed by atoms with E-state index < -0.39 is 0 Å². The van der Waals surface area contributed by atoms with Crippen LogP contribution in [0.3, 0.4) is 0 Å². The van der Waals surface area contributed by atoms with Gasteiger partial charge in [-0.1, -0.05) is 44.5 Å². The average Bonchev–Trinajstić information content (AvgIpc) is 2.43. The molecular formula is C14H20O. The first-order valence-electron chi connectivity index (χ1n) is 5.58. The van der Waals surface area contributed by atoms with Crippen molar-refractivity contribution in [2.45, 2.75) is 46.8 Å². The molecule has 0 N–H and O–H groups in total. The van der Waals surface area contributed by atoms with Gasteiger partial charge in [-0.15, -0.1) is 0 Å². The van der Waals surface area contributed by atoms with Crippen molar-refractivity contribution in [2.75, 3.05) is 0 Å². The van der Waals surface area contributed by atoms with Crippen LogP contribution in [-0.2, 0) is 16.9 Å². The second-order valence-corrected chi connectivity index (χ2v) is 5.73. The van der Waals surface area contributed by atoms with E-state index in [1.54, 1.807) is 0 Å². The molecule has 0 aromatic heterocycles. The number of benzene rings is 1. The Morgan fingerprint density at radius 2 is 1.93 bits per heavy atom. The lowest BCUT2D eigenvalue weighted by atomic mass is 9.73. The van der Waals surface area contributed by atoms with Gasteiger partial charge in [0.2, 0.25) is 0 Å². The molecule has 0 saturated heterocycles. The van der Waals surface area contributed by atoms with Gasteiger partial charge in [0.25, 0.3) is 0 Å². The molecule has 1 heteroatoms. The van der Waals surface area contributed by atoms with Crippen molar-refractivity contribution in [3.8, 4) is 0 Å². The minimum absolute atomic E-state index is 0.132. The Kier molecular flexibility index (Phi) is 2.20. The predicted molar refractivity (Wildman–Crippen MR) is 62.8 cm³/mol. The Labute approximate surface area is 92.5 Å². The number of ether oxygens (including phenoxy) is 1. The van der Waals surface area contributed by atoms with Crippen LogP contribution in [0.2, 0.25) is 0 Å². The van der Waals surface area contributed by atoms with E-state index in [-0.39, 0.29) is 11.0 Å². The van der Waals surface area contributed by atoms with E-state index in [0.29, 0.717) is 0 Å². The molecular weight excluding hydrogens is 184 g/mol. The quantitative estimate of drug-likeness (QED) is 0.625. The molecule has 1 unspecified atom stereocenters. The van der Waals surface area contributed by atoms with Gasteiger partial charge in [0.1, 0.15) is 0 Å². The summed E-state index contributed by atoms with van der Waals surface area (Å²) >= 11 is 0. The van der Waals surface area contributed by atoms with Crippen LogP contribution in [0.5, 0.6) is 0 Å². The lowest BCUT2D eigenvalue weighted by Gasteiger charge is -2.38. The first-order chi connectivity index (χ1) is 6.84. The molecule has 1 atom stereocenters. The minimum Gasteiger partial charge on any atom is -0.365 e. The van der Waals surface area contributed by atoms with E-state index in [2.05, 4.69) is 52.8 Å². The maximum absolute atomic E-state index is 6.03. The topological polar surface area (TPSA) is 9.23 Å². The molecule has 0 radical (unpaired) electrons. The molecule has 1 aromatic carbocycles. The summed E-state index contributed by atoms with van der Waals surface area (Å²) < 4.78 is 6.03. The van der Waals surface area contributed by atoms with Crippen LogP contribution < -0.4 is 0 Å². The molecule has 1 heterocycles. The summed E-state index contributed by atoms with van der Waals surface area (Å²) in [5.41, 5.74) is 4.02. The highest BCUT2D eigenvalue weighted by Crippen LogP contribution is 2.48. The molecule has 0 bridgehead atoms. The lowest BCUT2D eigenvalue weighted by molar-refractivity contribution is -0.0992. The van der Waals surface area contributed by atoms with Crippen molar-refractivity contribution in [1.82, 2.24) is 0 Å². The Morgan fingerprint density at radius 1 is 1.27 bits per heavy atom. The maximum atomic E-state index is 6.03. The summed E-state index contributed by atoms with van der Waals surface area (Å²) in [4.78, 5) is 0. The lowest BCUT2D eigenvalue weighted by Crippen LogP contribution is -2.36. The van der Waals surface area contributed by atoms with E-state index in [4.69, 9.17) is 4.74 Å². The highest BCUT2D eigenvalue weighted by Gasteiger charge is 2.44. The molecule has 1 aromatic rings. The summed E-state index contributed by atoms with van der Waals surface area (Å²) in [6.07, 6.45) is 0. The van der Waals surface area contributed by atoms with Gasteiger partial charge >= 0.3 is 0 Å². The normalized spacial score (nSPS) is 25.4. The molecule has 0 fully saturated rings. The van der Waals surface area contributed by atoms with Crippen LogP contribution in [0.1, 0.15) is 44.4 Å². The molecule has 0 saturated carbocycles. The summed E-state index contributed by atoms with van der Waals surface area (Å²) in [6.45, 7) is 11.8. The molecule has 2 rings (SSSR count). The number of aryl methyl sites for hydroxylation is 1. The van der Waals surface area contributed by atoms with Gasteiger partial charge in [-0.25, -0.2) is 0 Å². The molecule has 1 aliphatic heterocycles.